The van der Waals surface area contributed by atoms with E-state index in [-0.39, 0.29) is 6.79 Å². The summed E-state index contributed by atoms with van der Waals surface area (Å²) in [6, 6.07) is 14.3. The van der Waals surface area contributed by atoms with Crippen LogP contribution in [0, 0.1) is 0 Å². The largest absolute Gasteiger partial charge is 0.454 e. The Kier molecular flexibility index (Phi) is 5.38. The number of hydrogen-bond donors (Lipinski definition) is 1. The minimum atomic E-state index is -3.46. The van der Waals surface area contributed by atoms with Crippen molar-refractivity contribution < 1.29 is 17.9 Å². The quantitative estimate of drug-likeness (QED) is 0.758. The van der Waals surface area contributed by atoms with Crippen LogP contribution in [0.1, 0.15) is 5.56 Å². The number of hydrogen-bond acceptors (Lipinski definition) is 5. The highest BCUT2D eigenvalue weighted by Crippen LogP contribution is 2.32. The van der Waals surface area contributed by atoms with Crippen LogP contribution in [0.25, 0.3) is 0 Å². The fourth-order valence-corrected chi connectivity index (χ4v) is 4.91. The Morgan fingerprint density at radius 3 is 2.46 bits per heavy atom. The van der Waals surface area contributed by atoms with E-state index in [0.29, 0.717) is 42.7 Å². The van der Waals surface area contributed by atoms with Gasteiger partial charge < -0.3 is 19.7 Å². The molecule has 2 aromatic carbocycles. The van der Waals surface area contributed by atoms with Gasteiger partial charge in [-0.25, -0.2) is 8.42 Å². The number of rotatable bonds is 4. The van der Waals surface area contributed by atoms with Crippen LogP contribution >= 0.6 is 12.2 Å². The maximum absolute atomic E-state index is 12.7. The number of nitrogens with one attached hydrogen (secondary N) is 1. The molecule has 7 nitrogen and oxygen atoms in total. The van der Waals surface area contributed by atoms with Crippen LogP contribution in [0.15, 0.2) is 53.4 Å². The van der Waals surface area contributed by atoms with Crippen molar-refractivity contribution >= 4 is 27.4 Å². The van der Waals surface area contributed by atoms with E-state index in [2.05, 4.69) is 5.32 Å². The van der Waals surface area contributed by atoms with Crippen molar-refractivity contribution in [3.05, 3.63) is 54.1 Å². The van der Waals surface area contributed by atoms with E-state index in [9.17, 15) is 8.42 Å². The third-order valence-electron chi connectivity index (χ3n) is 4.79. The molecule has 2 aromatic rings. The minimum absolute atomic E-state index is 0.251. The number of sulfonamides is 1. The molecule has 148 valence electrons. The second-order valence-corrected chi connectivity index (χ2v) is 8.88. The highest BCUT2D eigenvalue weighted by Gasteiger charge is 2.29. The van der Waals surface area contributed by atoms with Gasteiger partial charge in [-0.1, -0.05) is 24.3 Å². The predicted octanol–water partition coefficient (Wildman–Crippen LogP) is 1.80. The van der Waals surface area contributed by atoms with Crippen LogP contribution in [-0.2, 0) is 16.6 Å². The lowest BCUT2D eigenvalue weighted by atomic mass is 10.2. The molecule has 28 heavy (non-hydrogen) atoms. The fourth-order valence-electron chi connectivity index (χ4n) is 3.21. The Bertz CT molecular complexity index is 958. The summed E-state index contributed by atoms with van der Waals surface area (Å²) in [6.07, 6.45) is 0. The Morgan fingerprint density at radius 1 is 1.00 bits per heavy atom. The number of fused-ring (bicyclic) bond motifs is 1. The molecule has 0 unspecified atom stereocenters. The Balaban J connectivity index is 1.30. The second-order valence-electron chi connectivity index (χ2n) is 6.55. The van der Waals surface area contributed by atoms with Gasteiger partial charge in [-0.15, -0.1) is 0 Å². The smallest absolute Gasteiger partial charge is 0.243 e. The van der Waals surface area contributed by atoms with Crippen LogP contribution in [0.4, 0.5) is 0 Å². The van der Waals surface area contributed by atoms with Gasteiger partial charge in [0.25, 0.3) is 0 Å². The first kappa shape index (κ1) is 19.0. The average molecular weight is 420 g/mol. The fraction of sp³-hybridized carbons (Fsp3) is 0.316. The zero-order valence-corrected chi connectivity index (χ0v) is 16.8. The van der Waals surface area contributed by atoms with Gasteiger partial charge >= 0.3 is 0 Å². The molecule has 1 fully saturated rings. The third-order valence-corrected chi connectivity index (χ3v) is 7.10. The molecule has 0 amide bonds. The zero-order valence-electron chi connectivity index (χ0n) is 15.2. The number of thiocarbonyl (C=S) groups is 1. The predicted molar refractivity (Wildman–Crippen MR) is 109 cm³/mol. The van der Waals surface area contributed by atoms with Crippen molar-refractivity contribution in [3.63, 3.8) is 0 Å². The van der Waals surface area contributed by atoms with Gasteiger partial charge in [0.15, 0.2) is 16.6 Å². The van der Waals surface area contributed by atoms with Gasteiger partial charge in [-0.05, 0) is 42.0 Å². The summed E-state index contributed by atoms with van der Waals surface area (Å²) >= 11 is 5.49. The van der Waals surface area contributed by atoms with E-state index < -0.39 is 10.0 Å². The van der Waals surface area contributed by atoms with Crippen molar-refractivity contribution in [2.24, 2.45) is 0 Å². The second kappa shape index (κ2) is 7.94. The Morgan fingerprint density at radius 2 is 1.71 bits per heavy atom. The maximum atomic E-state index is 12.7. The molecule has 9 heteroatoms. The van der Waals surface area contributed by atoms with Gasteiger partial charge in [-0.3, -0.25) is 0 Å². The Hall–Kier alpha value is -2.36. The number of nitrogens with zero attached hydrogens (tertiary/aromatic N) is 2. The molecule has 4 rings (SSSR count). The highest BCUT2D eigenvalue weighted by atomic mass is 32.2. The molecule has 1 saturated heterocycles. The first-order valence-corrected chi connectivity index (χ1v) is 10.9. The molecule has 2 aliphatic rings. The normalized spacial score (nSPS) is 16.8. The van der Waals surface area contributed by atoms with Crippen molar-refractivity contribution in [2.45, 2.75) is 11.4 Å². The maximum Gasteiger partial charge on any atom is 0.243 e. The summed E-state index contributed by atoms with van der Waals surface area (Å²) in [4.78, 5) is 2.33. The van der Waals surface area contributed by atoms with Crippen molar-refractivity contribution in [1.82, 2.24) is 14.5 Å². The van der Waals surface area contributed by atoms with Gasteiger partial charge in [0, 0.05) is 32.7 Å². The van der Waals surface area contributed by atoms with Gasteiger partial charge in [-0.2, -0.15) is 4.31 Å². The Labute approximate surface area is 169 Å². The summed E-state index contributed by atoms with van der Waals surface area (Å²) < 4.78 is 37.6. The summed E-state index contributed by atoms with van der Waals surface area (Å²) in [7, 11) is -3.46. The molecular formula is C19H21N3O4S2. The molecule has 0 spiro atoms. The van der Waals surface area contributed by atoms with Gasteiger partial charge in [0.1, 0.15) is 0 Å². The molecule has 2 aliphatic heterocycles. The van der Waals surface area contributed by atoms with Crippen LogP contribution in [-0.4, -0.2) is 55.7 Å². The van der Waals surface area contributed by atoms with E-state index in [4.69, 9.17) is 21.7 Å². The lowest BCUT2D eigenvalue weighted by Gasteiger charge is -2.35. The monoisotopic (exact) mass is 419 g/mol. The van der Waals surface area contributed by atoms with E-state index in [1.165, 1.54) is 4.31 Å². The highest BCUT2D eigenvalue weighted by molar-refractivity contribution is 7.89. The van der Waals surface area contributed by atoms with E-state index >= 15 is 0 Å². The standard InChI is InChI=1S/C19H21N3O4S2/c23-28(24,16-4-2-1-3-5-16)22-10-8-21(9-11-22)19(27)20-13-15-6-7-17-18(12-15)26-14-25-17/h1-7,12H,8-11,13-14H2,(H,20,27). The van der Waals surface area contributed by atoms with E-state index in [1.54, 1.807) is 30.3 Å². The summed E-state index contributed by atoms with van der Waals surface area (Å²) in [5.41, 5.74) is 1.04. The molecule has 1 N–H and O–H groups in total. The molecule has 0 atom stereocenters. The third kappa shape index (κ3) is 3.91. The molecule has 0 radical (unpaired) electrons. The zero-order chi connectivity index (χ0) is 19.6. The first-order valence-electron chi connectivity index (χ1n) is 9.00. The van der Waals surface area contributed by atoms with Crippen LogP contribution in [0.2, 0.25) is 0 Å². The average Bonchev–Trinajstić information content (AvgIpc) is 3.20. The van der Waals surface area contributed by atoms with E-state index in [1.807, 2.05) is 23.1 Å². The molecule has 0 bridgehead atoms. The van der Waals surface area contributed by atoms with Crippen LogP contribution in [0.5, 0.6) is 11.5 Å². The minimum Gasteiger partial charge on any atom is -0.454 e. The van der Waals surface area contributed by atoms with E-state index in [0.717, 1.165) is 17.1 Å². The van der Waals surface area contributed by atoms with Gasteiger partial charge in [0.2, 0.25) is 16.8 Å². The molecule has 0 aromatic heterocycles. The van der Waals surface area contributed by atoms with Crippen LogP contribution in [0.3, 0.4) is 0 Å². The summed E-state index contributed by atoms with van der Waals surface area (Å²) in [5.74, 6) is 1.49. The lowest BCUT2D eigenvalue weighted by molar-refractivity contribution is 0.174. The number of benzene rings is 2. The topological polar surface area (TPSA) is 71.1 Å². The van der Waals surface area contributed by atoms with Crippen molar-refractivity contribution in [1.29, 1.82) is 0 Å². The summed E-state index contributed by atoms with van der Waals surface area (Å²) in [5, 5.41) is 3.86. The summed E-state index contributed by atoms with van der Waals surface area (Å²) in [6.45, 7) is 2.74. The van der Waals surface area contributed by atoms with Crippen LogP contribution < -0.4 is 14.8 Å². The molecule has 0 aliphatic carbocycles. The number of ether oxygens (including phenoxy) is 2. The SMILES string of the molecule is O=S(=O)(c1ccccc1)N1CCN(C(=S)NCc2ccc3c(c2)OCO3)CC1. The van der Waals surface area contributed by atoms with Gasteiger partial charge in [0.05, 0.1) is 4.90 Å². The molecule has 2 heterocycles. The van der Waals surface area contributed by atoms with Crippen molar-refractivity contribution in [3.8, 4) is 11.5 Å². The molecular weight excluding hydrogens is 398 g/mol. The first-order chi connectivity index (χ1) is 13.5. The number of piperazine rings is 1. The molecule has 0 saturated carbocycles. The lowest BCUT2D eigenvalue weighted by Crippen LogP contribution is -2.52. The van der Waals surface area contributed by atoms with Crippen molar-refractivity contribution in [2.75, 3.05) is 33.0 Å².